The molecular weight excluding hydrogens is 414 g/mol. The molecule has 0 unspecified atom stereocenters. The van der Waals surface area contributed by atoms with Crippen molar-refractivity contribution in [3.8, 4) is 22.7 Å². The minimum Gasteiger partial charge on any atom is -0.493 e. The summed E-state index contributed by atoms with van der Waals surface area (Å²) in [6.45, 7) is 3.75. The van der Waals surface area contributed by atoms with Crippen molar-refractivity contribution in [3.63, 3.8) is 0 Å². The molecule has 0 aliphatic carbocycles. The smallest absolute Gasteiger partial charge is 0.135 e. The zero-order chi connectivity index (χ0) is 21.8. The standard InChI is InChI=1S/C27H27N3OS/c1-2-18-31-23-16-10-9-15-22(23)26-24-25(20-11-5-3-6-12-20)29-30(21-13-7-4-8-14-21)27(24)28-17-19-32-26/h3-16,26,28H,2,17-19H2,1H3/t26-/m0/s1. The summed E-state index contributed by atoms with van der Waals surface area (Å²) in [7, 11) is 0. The number of hydrogen-bond acceptors (Lipinski definition) is 4. The molecule has 0 saturated carbocycles. The van der Waals surface area contributed by atoms with Crippen molar-refractivity contribution in [2.45, 2.75) is 18.6 Å². The Morgan fingerprint density at radius 1 is 0.969 bits per heavy atom. The molecule has 5 rings (SSSR count). The third-order valence-corrected chi connectivity index (χ3v) is 6.84. The van der Waals surface area contributed by atoms with E-state index in [4.69, 9.17) is 9.84 Å². The van der Waals surface area contributed by atoms with Crippen molar-refractivity contribution in [2.75, 3.05) is 24.2 Å². The second kappa shape index (κ2) is 9.53. The van der Waals surface area contributed by atoms with E-state index in [9.17, 15) is 0 Å². The quantitative estimate of drug-likeness (QED) is 0.367. The van der Waals surface area contributed by atoms with Crippen LogP contribution in [0.25, 0.3) is 16.9 Å². The van der Waals surface area contributed by atoms with E-state index < -0.39 is 0 Å². The van der Waals surface area contributed by atoms with Crippen LogP contribution < -0.4 is 10.1 Å². The fourth-order valence-electron chi connectivity index (χ4n) is 4.13. The summed E-state index contributed by atoms with van der Waals surface area (Å²) >= 11 is 1.95. The van der Waals surface area contributed by atoms with Crippen LogP contribution in [0.2, 0.25) is 0 Å². The number of ether oxygens (including phenoxy) is 1. The fourth-order valence-corrected chi connectivity index (χ4v) is 5.35. The number of benzene rings is 3. The maximum Gasteiger partial charge on any atom is 0.135 e. The van der Waals surface area contributed by atoms with E-state index in [2.05, 4.69) is 95.8 Å². The number of anilines is 1. The molecule has 0 saturated heterocycles. The number of thioether (sulfide) groups is 1. The van der Waals surface area contributed by atoms with Crippen LogP contribution in [-0.4, -0.2) is 28.7 Å². The Labute approximate surface area is 193 Å². The second-order valence-corrected chi connectivity index (χ2v) is 9.00. The summed E-state index contributed by atoms with van der Waals surface area (Å²) in [6.07, 6.45) is 0.986. The first-order valence-electron chi connectivity index (χ1n) is 11.2. The van der Waals surface area contributed by atoms with Crippen LogP contribution in [0.3, 0.4) is 0 Å². The van der Waals surface area contributed by atoms with Gasteiger partial charge in [-0.05, 0) is 24.6 Å². The lowest BCUT2D eigenvalue weighted by Gasteiger charge is -2.20. The molecule has 1 atom stereocenters. The molecular formula is C27H27N3OS. The van der Waals surface area contributed by atoms with Crippen LogP contribution in [0.15, 0.2) is 84.9 Å². The van der Waals surface area contributed by atoms with Crippen molar-refractivity contribution >= 4 is 17.6 Å². The molecule has 0 spiro atoms. The molecule has 1 N–H and O–H groups in total. The molecule has 5 heteroatoms. The highest BCUT2D eigenvalue weighted by atomic mass is 32.2. The zero-order valence-corrected chi connectivity index (χ0v) is 19.0. The lowest BCUT2D eigenvalue weighted by Crippen LogP contribution is -2.08. The van der Waals surface area contributed by atoms with Crippen LogP contribution in [0.1, 0.15) is 29.7 Å². The third-order valence-electron chi connectivity index (χ3n) is 5.57. The first-order valence-corrected chi connectivity index (χ1v) is 12.2. The highest BCUT2D eigenvalue weighted by Gasteiger charge is 2.31. The van der Waals surface area contributed by atoms with Gasteiger partial charge in [-0.15, -0.1) is 11.8 Å². The van der Waals surface area contributed by atoms with Crippen molar-refractivity contribution in [1.29, 1.82) is 0 Å². The lowest BCUT2D eigenvalue weighted by atomic mass is 9.99. The third kappa shape index (κ3) is 4.00. The molecule has 1 aliphatic heterocycles. The van der Waals surface area contributed by atoms with Crippen LogP contribution in [0.5, 0.6) is 5.75 Å². The highest BCUT2D eigenvalue weighted by Crippen LogP contribution is 2.48. The Morgan fingerprint density at radius 2 is 1.69 bits per heavy atom. The van der Waals surface area contributed by atoms with Gasteiger partial charge in [0, 0.05) is 29.0 Å². The number of nitrogens with zero attached hydrogens (tertiary/aromatic N) is 2. The summed E-state index contributed by atoms with van der Waals surface area (Å²) < 4.78 is 8.23. The molecule has 32 heavy (non-hydrogen) atoms. The van der Waals surface area contributed by atoms with E-state index in [1.807, 2.05) is 17.8 Å². The van der Waals surface area contributed by atoms with Gasteiger partial charge in [0.25, 0.3) is 0 Å². The summed E-state index contributed by atoms with van der Waals surface area (Å²) in [5, 5.41) is 8.95. The van der Waals surface area contributed by atoms with Crippen molar-refractivity contribution in [3.05, 3.63) is 96.1 Å². The normalized spacial score (nSPS) is 15.5. The number of rotatable bonds is 6. The first kappa shape index (κ1) is 20.7. The van der Waals surface area contributed by atoms with Crippen molar-refractivity contribution in [1.82, 2.24) is 9.78 Å². The highest BCUT2D eigenvalue weighted by molar-refractivity contribution is 7.99. The Hall–Kier alpha value is -3.18. The van der Waals surface area contributed by atoms with Gasteiger partial charge in [-0.25, -0.2) is 4.68 Å². The van der Waals surface area contributed by atoms with Gasteiger partial charge in [0.05, 0.1) is 23.2 Å². The number of hydrogen-bond donors (Lipinski definition) is 1. The maximum absolute atomic E-state index is 6.17. The summed E-state index contributed by atoms with van der Waals surface area (Å²) in [5.41, 5.74) is 5.62. The number of nitrogens with one attached hydrogen (secondary N) is 1. The second-order valence-electron chi connectivity index (χ2n) is 7.79. The van der Waals surface area contributed by atoms with Crippen LogP contribution in [0, 0.1) is 0 Å². The van der Waals surface area contributed by atoms with Crippen LogP contribution in [0.4, 0.5) is 5.82 Å². The van der Waals surface area contributed by atoms with E-state index in [1.165, 1.54) is 11.1 Å². The van der Waals surface area contributed by atoms with Gasteiger partial charge < -0.3 is 10.1 Å². The van der Waals surface area contributed by atoms with E-state index in [-0.39, 0.29) is 5.25 Å². The Morgan fingerprint density at radius 3 is 2.47 bits per heavy atom. The average molecular weight is 442 g/mol. The minimum absolute atomic E-state index is 0.126. The Balaban J connectivity index is 1.73. The zero-order valence-electron chi connectivity index (χ0n) is 18.2. The fraction of sp³-hybridized carbons (Fsp3) is 0.222. The Kier molecular flexibility index (Phi) is 6.17. The molecule has 0 amide bonds. The van der Waals surface area contributed by atoms with E-state index in [1.54, 1.807) is 0 Å². The van der Waals surface area contributed by atoms with E-state index in [0.717, 1.165) is 47.2 Å². The summed E-state index contributed by atoms with van der Waals surface area (Å²) in [4.78, 5) is 0. The van der Waals surface area contributed by atoms with Gasteiger partial charge >= 0.3 is 0 Å². The molecule has 4 aromatic rings. The molecule has 0 fully saturated rings. The molecule has 1 aliphatic rings. The molecule has 4 nitrogen and oxygen atoms in total. The number of para-hydroxylation sites is 2. The molecule has 1 aromatic heterocycles. The van der Waals surface area contributed by atoms with E-state index >= 15 is 0 Å². The summed E-state index contributed by atoms with van der Waals surface area (Å²) in [5.74, 6) is 3.03. The predicted molar refractivity (Wildman–Crippen MR) is 134 cm³/mol. The lowest BCUT2D eigenvalue weighted by molar-refractivity contribution is 0.314. The SMILES string of the molecule is CCCOc1ccccc1[C@@H]1SCCNc2c1c(-c1ccccc1)nn2-c1ccccc1. The number of fused-ring (bicyclic) bond motifs is 1. The van der Waals surface area contributed by atoms with Crippen molar-refractivity contribution in [2.24, 2.45) is 0 Å². The van der Waals surface area contributed by atoms with Crippen molar-refractivity contribution < 1.29 is 4.74 Å². The average Bonchev–Trinajstić information content (AvgIpc) is 3.10. The van der Waals surface area contributed by atoms with Crippen LogP contribution >= 0.6 is 11.8 Å². The van der Waals surface area contributed by atoms with Gasteiger partial charge in [-0.2, -0.15) is 5.10 Å². The molecule has 2 heterocycles. The topological polar surface area (TPSA) is 39.1 Å². The van der Waals surface area contributed by atoms with Gasteiger partial charge in [0.2, 0.25) is 0 Å². The van der Waals surface area contributed by atoms with Gasteiger partial charge in [0.1, 0.15) is 11.6 Å². The van der Waals surface area contributed by atoms with E-state index in [0.29, 0.717) is 6.61 Å². The van der Waals surface area contributed by atoms with Crippen LogP contribution in [-0.2, 0) is 0 Å². The summed E-state index contributed by atoms with van der Waals surface area (Å²) in [6, 6.07) is 29.3. The Bertz CT molecular complexity index is 1170. The number of aromatic nitrogens is 2. The van der Waals surface area contributed by atoms with Gasteiger partial charge in [0.15, 0.2) is 0 Å². The van der Waals surface area contributed by atoms with Gasteiger partial charge in [-0.1, -0.05) is 73.7 Å². The molecule has 0 bridgehead atoms. The molecule has 3 aromatic carbocycles. The first-order chi connectivity index (χ1) is 15.9. The van der Waals surface area contributed by atoms with Gasteiger partial charge in [-0.3, -0.25) is 0 Å². The minimum atomic E-state index is 0.126. The molecule has 162 valence electrons. The maximum atomic E-state index is 6.17. The largest absolute Gasteiger partial charge is 0.493 e. The molecule has 0 radical (unpaired) electrons. The predicted octanol–water partition coefficient (Wildman–Crippen LogP) is 6.58. The monoisotopic (exact) mass is 441 g/mol.